The lowest BCUT2D eigenvalue weighted by Gasteiger charge is -2.04. The molecule has 0 aromatic carbocycles. The van der Waals surface area contributed by atoms with Crippen molar-refractivity contribution < 1.29 is 13.5 Å². The lowest BCUT2D eigenvalue weighted by atomic mass is 10.3. The van der Waals surface area contributed by atoms with Gasteiger partial charge in [-0.2, -0.15) is 5.26 Å². The topological polar surface area (TPSA) is 65.9 Å². The first-order valence-electron chi connectivity index (χ1n) is 3.59. The van der Waals surface area contributed by atoms with E-state index in [9.17, 15) is 13.6 Å². The number of hydrogen-bond acceptors (Lipinski definition) is 3. The molecule has 0 atom stereocenters. The van der Waals surface area contributed by atoms with Crippen LogP contribution < -0.4 is 10.2 Å². The number of aromatic nitrogens is 1. The summed E-state index contributed by atoms with van der Waals surface area (Å²) in [5.41, 5.74) is -1.62. The van der Waals surface area contributed by atoms with E-state index in [1.54, 1.807) is 6.07 Å². The normalized spacial score (nSPS) is 9.93. The van der Waals surface area contributed by atoms with Gasteiger partial charge in [-0.15, -0.1) is 0 Å². The third-order valence-corrected chi connectivity index (χ3v) is 1.56. The Labute approximate surface area is 77.7 Å². The number of hydrogen-bond donors (Lipinski definition) is 1. The highest BCUT2D eigenvalue weighted by molar-refractivity contribution is 5.38. The molecule has 6 heteroatoms. The van der Waals surface area contributed by atoms with Crippen LogP contribution in [0.15, 0.2) is 10.9 Å². The number of halogens is 2. The average molecular weight is 200 g/mol. The lowest BCUT2D eigenvalue weighted by Crippen LogP contribution is -2.10. The van der Waals surface area contributed by atoms with Crippen molar-refractivity contribution >= 4 is 0 Å². The third kappa shape index (κ3) is 1.71. The van der Waals surface area contributed by atoms with Gasteiger partial charge in [-0.05, 0) is 0 Å². The van der Waals surface area contributed by atoms with Crippen molar-refractivity contribution in [2.45, 2.75) is 6.43 Å². The Hall–Kier alpha value is -1.90. The number of pyridine rings is 1. The number of H-pyrrole nitrogens is 1. The molecule has 0 saturated heterocycles. The van der Waals surface area contributed by atoms with Crippen molar-refractivity contribution in [1.29, 1.82) is 5.26 Å². The zero-order chi connectivity index (χ0) is 10.7. The summed E-state index contributed by atoms with van der Waals surface area (Å²) in [5.74, 6) is -0.253. The Balaban J connectivity index is 3.41. The summed E-state index contributed by atoms with van der Waals surface area (Å²) in [6.07, 6.45) is -2.82. The largest absolute Gasteiger partial charge is 0.490 e. The molecule has 74 valence electrons. The Kier molecular flexibility index (Phi) is 2.82. The van der Waals surface area contributed by atoms with Crippen molar-refractivity contribution in [1.82, 2.24) is 4.98 Å². The van der Waals surface area contributed by atoms with Gasteiger partial charge in [-0.1, -0.05) is 0 Å². The lowest BCUT2D eigenvalue weighted by molar-refractivity contribution is 0.145. The number of methoxy groups -OCH3 is 1. The second kappa shape index (κ2) is 3.87. The quantitative estimate of drug-likeness (QED) is 0.779. The van der Waals surface area contributed by atoms with E-state index in [0.717, 1.165) is 0 Å². The van der Waals surface area contributed by atoms with E-state index in [1.807, 2.05) is 0 Å². The number of nitrogens with zero attached hydrogens (tertiary/aromatic N) is 1. The molecule has 1 aromatic heterocycles. The highest BCUT2D eigenvalue weighted by Gasteiger charge is 2.14. The van der Waals surface area contributed by atoms with Crippen LogP contribution in [0.5, 0.6) is 5.75 Å². The first-order valence-corrected chi connectivity index (χ1v) is 3.59. The van der Waals surface area contributed by atoms with Crippen molar-refractivity contribution in [2.24, 2.45) is 0 Å². The number of nitriles is 1. The monoisotopic (exact) mass is 200 g/mol. The van der Waals surface area contributed by atoms with Crippen molar-refractivity contribution in [2.75, 3.05) is 7.11 Å². The SMILES string of the molecule is COc1c(C#N)[nH]c(C(F)F)cc1=O. The minimum atomic E-state index is -2.82. The summed E-state index contributed by atoms with van der Waals surface area (Å²) in [6, 6.07) is 2.28. The molecule has 0 unspecified atom stereocenters. The molecule has 14 heavy (non-hydrogen) atoms. The van der Waals surface area contributed by atoms with Crippen LogP contribution in [0, 0.1) is 11.3 Å². The number of nitrogens with one attached hydrogen (secondary N) is 1. The average Bonchev–Trinajstić information content (AvgIpc) is 2.16. The Morgan fingerprint density at radius 2 is 2.29 bits per heavy atom. The van der Waals surface area contributed by atoms with Gasteiger partial charge in [0.05, 0.1) is 12.8 Å². The number of rotatable bonds is 2. The summed E-state index contributed by atoms with van der Waals surface area (Å²) in [7, 11) is 1.19. The van der Waals surface area contributed by atoms with Gasteiger partial charge in [0.15, 0.2) is 5.69 Å². The first kappa shape index (κ1) is 10.2. The molecule has 0 aliphatic rings. The zero-order valence-electron chi connectivity index (χ0n) is 7.17. The Morgan fingerprint density at radius 1 is 1.64 bits per heavy atom. The van der Waals surface area contributed by atoms with Gasteiger partial charge in [-0.3, -0.25) is 4.79 Å². The summed E-state index contributed by atoms with van der Waals surface area (Å²) in [5, 5.41) is 8.54. The molecule has 4 nitrogen and oxygen atoms in total. The maximum Gasteiger partial charge on any atom is 0.278 e. The van der Waals surface area contributed by atoms with Crippen LogP contribution in [0.4, 0.5) is 8.78 Å². The van der Waals surface area contributed by atoms with Crippen LogP contribution in [-0.2, 0) is 0 Å². The minimum Gasteiger partial charge on any atom is -0.490 e. The van der Waals surface area contributed by atoms with Crippen molar-refractivity contribution in [3.05, 3.63) is 27.7 Å². The highest BCUT2D eigenvalue weighted by Crippen LogP contribution is 2.18. The number of alkyl halides is 2. The molecule has 1 aromatic rings. The predicted molar refractivity (Wildman–Crippen MR) is 43.3 cm³/mol. The van der Waals surface area contributed by atoms with Gasteiger partial charge in [0.2, 0.25) is 11.2 Å². The summed E-state index contributed by atoms with van der Waals surface area (Å²) in [6.45, 7) is 0. The van der Waals surface area contributed by atoms with E-state index in [4.69, 9.17) is 5.26 Å². The number of aromatic amines is 1. The van der Waals surface area contributed by atoms with Gasteiger partial charge in [0.1, 0.15) is 6.07 Å². The van der Waals surface area contributed by atoms with E-state index >= 15 is 0 Å². The molecule has 0 saturated carbocycles. The first-order chi connectivity index (χ1) is 6.60. The summed E-state index contributed by atoms with van der Waals surface area (Å²) in [4.78, 5) is 13.2. The molecule has 0 aliphatic heterocycles. The van der Waals surface area contributed by atoms with Gasteiger partial charge in [-0.25, -0.2) is 8.78 Å². The van der Waals surface area contributed by atoms with Gasteiger partial charge in [0, 0.05) is 6.07 Å². The van der Waals surface area contributed by atoms with E-state index in [2.05, 4.69) is 9.72 Å². The fraction of sp³-hybridized carbons (Fsp3) is 0.250. The van der Waals surface area contributed by atoms with Crippen LogP contribution in [0.3, 0.4) is 0 Å². The standard InChI is InChI=1S/C8H6F2N2O2/c1-14-7-5(3-11)12-4(8(9)10)2-6(7)13/h2,8H,1H3,(H,12,13). The van der Waals surface area contributed by atoms with Gasteiger partial charge >= 0.3 is 0 Å². The maximum atomic E-state index is 12.2. The molecule has 0 bridgehead atoms. The molecule has 1 N–H and O–H groups in total. The van der Waals surface area contributed by atoms with Crippen LogP contribution in [0.25, 0.3) is 0 Å². The molecule has 0 aliphatic carbocycles. The van der Waals surface area contributed by atoms with E-state index in [0.29, 0.717) is 6.07 Å². The molecule has 0 amide bonds. The smallest absolute Gasteiger partial charge is 0.278 e. The maximum absolute atomic E-state index is 12.2. The van der Waals surface area contributed by atoms with Crippen LogP contribution in [0.2, 0.25) is 0 Å². The molecule has 0 fully saturated rings. The van der Waals surface area contributed by atoms with Crippen molar-refractivity contribution in [3.63, 3.8) is 0 Å². The second-order valence-corrected chi connectivity index (χ2v) is 2.41. The van der Waals surface area contributed by atoms with Gasteiger partial charge in [0.25, 0.3) is 6.43 Å². The summed E-state index contributed by atoms with van der Waals surface area (Å²) < 4.78 is 28.9. The Morgan fingerprint density at radius 3 is 2.71 bits per heavy atom. The molecular weight excluding hydrogens is 194 g/mol. The van der Waals surface area contributed by atoms with Gasteiger partial charge < -0.3 is 9.72 Å². The van der Waals surface area contributed by atoms with E-state index in [-0.39, 0.29) is 11.4 Å². The fourth-order valence-electron chi connectivity index (χ4n) is 0.966. The zero-order valence-corrected chi connectivity index (χ0v) is 7.17. The van der Waals surface area contributed by atoms with Crippen LogP contribution >= 0.6 is 0 Å². The summed E-state index contributed by atoms with van der Waals surface area (Å²) >= 11 is 0. The van der Waals surface area contributed by atoms with Crippen molar-refractivity contribution in [3.8, 4) is 11.8 Å². The molecule has 1 rings (SSSR count). The highest BCUT2D eigenvalue weighted by atomic mass is 19.3. The second-order valence-electron chi connectivity index (χ2n) is 2.41. The van der Waals surface area contributed by atoms with Crippen LogP contribution in [-0.4, -0.2) is 12.1 Å². The molecule has 0 spiro atoms. The minimum absolute atomic E-state index is 0.253. The third-order valence-electron chi connectivity index (χ3n) is 1.56. The van der Waals surface area contributed by atoms with E-state index < -0.39 is 17.5 Å². The molecule has 1 heterocycles. The molecule has 0 radical (unpaired) electrons. The van der Waals surface area contributed by atoms with Crippen LogP contribution in [0.1, 0.15) is 17.8 Å². The molecular formula is C8H6F2N2O2. The van der Waals surface area contributed by atoms with E-state index in [1.165, 1.54) is 7.11 Å². The Bertz CT molecular complexity index is 434. The fourth-order valence-corrected chi connectivity index (χ4v) is 0.966. The number of ether oxygens (including phenoxy) is 1. The predicted octanol–water partition coefficient (Wildman–Crippen LogP) is 1.19.